The molecule has 0 amide bonds. The quantitative estimate of drug-likeness (QED) is 0.247. The predicted molar refractivity (Wildman–Crippen MR) is 70.3 cm³/mol. The summed E-state index contributed by atoms with van der Waals surface area (Å²) in [4.78, 5) is 10.0. The lowest BCUT2D eigenvalue weighted by atomic mass is 10.2. The van der Waals surface area contributed by atoms with Gasteiger partial charge in [0.25, 0.3) is 5.69 Å². The highest BCUT2D eigenvalue weighted by Gasteiger charge is 2.10. The highest BCUT2D eigenvalue weighted by Crippen LogP contribution is 2.20. The van der Waals surface area contributed by atoms with E-state index < -0.39 is 4.92 Å². The van der Waals surface area contributed by atoms with Gasteiger partial charge in [-0.1, -0.05) is 0 Å². The summed E-state index contributed by atoms with van der Waals surface area (Å²) in [6, 6.07) is 3.73. The van der Waals surface area contributed by atoms with Crippen LogP contribution in [0.3, 0.4) is 0 Å². The molecule has 0 fully saturated rings. The number of nitro groups is 1. The van der Waals surface area contributed by atoms with Gasteiger partial charge in [-0.25, -0.2) is 0 Å². The Morgan fingerprint density at radius 2 is 2.39 bits per heavy atom. The van der Waals surface area contributed by atoms with E-state index in [0.29, 0.717) is 11.7 Å². The van der Waals surface area contributed by atoms with Gasteiger partial charge >= 0.3 is 0 Å². The van der Waals surface area contributed by atoms with Gasteiger partial charge in [-0.3, -0.25) is 10.1 Å². The fourth-order valence-corrected chi connectivity index (χ4v) is 1.36. The SMILES string of the molecule is CCNC(=S)N[NH+]=Cc1cc([N+](=O)[O-])ccc1O. The number of benzene rings is 1. The molecule has 0 radical (unpaired) electrons. The van der Waals surface area contributed by atoms with Crippen LogP contribution in [-0.2, 0) is 0 Å². The maximum atomic E-state index is 10.6. The number of hydrogen-bond acceptors (Lipinski definition) is 4. The Labute approximate surface area is 109 Å². The zero-order chi connectivity index (χ0) is 13.5. The normalized spacial score (nSPS) is 10.3. The van der Waals surface area contributed by atoms with Crippen LogP contribution < -0.4 is 15.8 Å². The smallest absolute Gasteiger partial charge is 0.270 e. The number of non-ortho nitro benzene ring substituents is 1. The standard InChI is InChI=1S/C10H12N4O3S/c1-2-11-10(18)13-12-6-7-5-8(14(16)17)3-4-9(7)15/h3-6,15H,2H2,1H3,(H2,11,13,18)/p+1. The van der Waals surface area contributed by atoms with E-state index in [1.165, 1.54) is 24.4 Å². The van der Waals surface area contributed by atoms with Gasteiger partial charge in [0.05, 0.1) is 10.5 Å². The minimum Gasteiger partial charge on any atom is -0.507 e. The van der Waals surface area contributed by atoms with E-state index in [-0.39, 0.29) is 17.0 Å². The molecule has 7 nitrogen and oxygen atoms in total. The van der Waals surface area contributed by atoms with Crippen molar-refractivity contribution in [1.29, 1.82) is 0 Å². The third-order valence-corrected chi connectivity index (χ3v) is 2.22. The average Bonchev–Trinajstić information content (AvgIpc) is 2.31. The lowest BCUT2D eigenvalue weighted by Crippen LogP contribution is -2.82. The summed E-state index contributed by atoms with van der Waals surface area (Å²) in [5.41, 5.74) is 2.83. The monoisotopic (exact) mass is 269 g/mol. The van der Waals surface area contributed by atoms with Crippen LogP contribution in [0.15, 0.2) is 18.2 Å². The Kier molecular flexibility index (Phi) is 5.00. The Hall–Kier alpha value is -2.22. The van der Waals surface area contributed by atoms with E-state index in [4.69, 9.17) is 12.2 Å². The molecule has 4 N–H and O–H groups in total. The number of aromatic hydroxyl groups is 1. The van der Waals surface area contributed by atoms with Gasteiger partial charge in [0, 0.05) is 18.7 Å². The molecule has 1 aromatic rings. The second-order valence-electron chi connectivity index (χ2n) is 3.27. The lowest BCUT2D eigenvalue weighted by molar-refractivity contribution is -0.500. The number of hydrazine groups is 1. The number of nitrogens with zero attached hydrogens (tertiary/aromatic N) is 1. The molecule has 0 heterocycles. The van der Waals surface area contributed by atoms with Crippen molar-refractivity contribution in [3.05, 3.63) is 33.9 Å². The Balaban J connectivity index is 2.77. The van der Waals surface area contributed by atoms with Crippen LogP contribution >= 0.6 is 12.2 Å². The molecule has 18 heavy (non-hydrogen) atoms. The van der Waals surface area contributed by atoms with Crippen LogP contribution in [0, 0.1) is 10.1 Å². The topological polar surface area (TPSA) is 101 Å². The third kappa shape index (κ3) is 3.98. The van der Waals surface area contributed by atoms with E-state index in [1.54, 1.807) is 0 Å². The van der Waals surface area contributed by atoms with Crippen LogP contribution in [-0.4, -0.2) is 27.9 Å². The molecular formula is C10H13N4O3S+. The summed E-state index contributed by atoms with van der Waals surface area (Å²) < 4.78 is 0. The van der Waals surface area contributed by atoms with E-state index in [0.717, 1.165) is 0 Å². The fourth-order valence-electron chi connectivity index (χ4n) is 1.16. The number of rotatable bonds is 4. The summed E-state index contributed by atoms with van der Waals surface area (Å²) in [6.07, 6.45) is 1.38. The van der Waals surface area contributed by atoms with E-state index in [9.17, 15) is 15.2 Å². The zero-order valence-corrected chi connectivity index (χ0v) is 10.5. The molecule has 0 atom stereocenters. The van der Waals surface area contributed by atoms with Crippen molar-refractivity contribution in [2.75, 3.05) is 6.54 Å². The van der Waals surface area contributed by atoms with Crippen molar-refractivity contribution < 1.29 is 15.1 Å². The number of nitrogens with one attached hydrogen (secondary N) is 3. The first-order chi connectivity index (χ1) is 8.54. The first-order valence-electron chi connectivity index (χ1n) is 5.14. The first-order valence-corrected chi connectivity index (χ1v) is 5.55. The van der Waals surface area contributed by atoms with Gasteiger partial charge in [-0.2, -0.15) is 0 Å². The Bertz CT molecular complexity index is 490. The minimum absolute atomic E-state index is 0.0655. The lowest BCUT2D eigenvalue weighted by Gasteiger charge is -1.99. The summed E-state index contributed by atoms with van der Waals surface area (Å²) in [5.74, 6) is -0.0655. The first kappa shape index (κ1) is 13.8. The number of phenolic OH excluding ortho intramolecular Hbond substituents is 1. The van der Waals surface area contributed by atoms with Crippen molar-refractivity contribution in [2.24, 2.45) is 0 Å². The molecule has 0 saturated carbocycles. The maximum Gasteiger partial charge on any atom is 0.270 e. The molecule has 0 spiro atoms. The van der Waals surface area contributed by atoms with Gasteiger partial charge in [0.1, 0.15) is 5.75 Å². The van der Waals surface area contributed by atoms with E-state index in [2.05, 4.69) is 15.8 Å². The van der Waals surface area contributed by atoms with E-state index in [1.807, 2.05) is 6.92 Å². The van der Waals surface area contributed by atoms with Crippen molar-refractivity contribution in [3.8, 4) is 5.75 Å². The van der Waals surface area contributed by atoms with Crippen molar-refractivity contribution in [1.82, 2.24) is 10.7 Å². The maximum absolute atomic E-state index is 10.6. The van der Waals surface area contributed by atoms with E-state index >= 15 is 0 Å². The molecule has 0 saturated heterocycles. The van der Waals surface area contributed by atoms with Gasteiger partial charge in [0.15, 0.2) is 0 Å². The van der Waals surface area contributed by atoms with Crippen molar-refractivity contribution in [2.45, 2.75) is 6.92 Å². The molecule has 0 bridgehead atoms. The van der Waals surface area contributed by atoms with Crippen molar-refractivity contribution >= 4 is 29.2 Å². The number of phenols is 1. The van der Waals surface area contributed by atoms with Gasteiger partial charge in [0.2, 0.25) is 11.3 Å². The Morgan fingerprint density at radius 1 is 1.67 bits per heavy atom. The summed E-state index contributed by atoms with van der Waals surface area (Å²) in [7, 11) is 0. The molecule has 96 valence electrons. The zero-order valence-electron chi connectivity index (χ0n) is 9.64. The molecular weight excluding hydrogens is 256 g/mol. The van der Waals surface area contributed by atoms with Gasteiger partial charge in [-0.05, 0) is 25.2 Å². The van der Waals surface area contributed by atoms with Crippen LogP contribution in [0.4, 0.5) is 5.69 Å². The van der Waals surface area contributed by atoms with Gasteiger partial charge in [-0.15, -0.1) is 10.5 Å². The average molecular weight is 269 g/mol. The second-order valence-corrected chi connectivity index (χ2v) is 3.68. The summed E-state index contributed by atoms with van der Waals surface area (Å²) >= 11 is 4.89. The van der Waals surface area contributed by atoms with Crippen LogP contribution in [0.2, 0.25) is 0 Å². The molecule has 0 aliphatic heterocycles. The second kappa shape index (κ2) is 6.50. The number of hydrogen-bond donors (Lipinski definition) is 4. The highest BCUT2D eigenvalue weighted by atomic mass is 32.1. The molecule has 0 aliphatic rings. The molecule has 0 aliphatic carbocycles. The molecule has 8 heteroatoms. The number of nitro benzene ring substituents is 1. The fraction of sp³-hybridized carbons (Fsp3) is 0.200. The molecule has 0 aromatic heterocycles. The molecule has 1 aromatic carbocycles. The largest absolute Gasteiger partial charge is 0.507 e. The summed E-state index contributed by atoms with van der Waals surface area (Å²) in [5, 5.41) is 26.0. The van der Waals surface area contributed by atoms with Crippen LogP contribution in [0.25, 0.3) is 0 Å². The molecule has 0 unspecified atom stereocenters. The Morgan fingerprint density at radius 3 is 3.00 bits per heavy atom. The predicted octanol–water partition coefficient (Wildman–Crippen LogP) is -0.801. The minimum atomic E-state index is -0.534. The number of thiocarbonyl (C=S) groups is 1. The highest BCUT2D eigenvalue weighted by molar-refractivity contribution is 7.80. The van der Waals surface area contributed by atoms with Crippen LogP contribution in [0.1, 0.15) is 12.5 Å². The van der Waals surface area contributed by atoms with Crippen molar-refractivity contribution in [3.63, 3.8) is 0 Å². The number of hydrazone groups is 1. The van der Waals surface area contributed by atoms with Crippen LogP contribution in [0.5, 0.6) is 5.75 Å². The van der Waals surface area contributed by atoms with Gasteiger partial charge < -0.3 is 10.4 Å². The third-order valence-electron chi connectivity index (χ3n) is 1.97. The summed E-state index contributed by atoms with van der Waals surface area (Å²) in [6.45, 7) is 2.57. The molecule has 1 rings (SSSR count).